The van der Waals surface area contributed by atoms with E-state index in [1.807, 2.05) is 18.2 Å². The molecule has 0 fully saturated rings. The molecule has 3 rings (SSSR count). The van der Waals surface area contributed by atoms with Crippen molar-refractivity contribution < 1.29 is 4.74 Å². The lowest BCUT2D eigenvalue weighted by atomic mass is 10.1. The molecule has 0 amide bonds. The number of fused-ring (bicyclic) bond motifs is 1. The molecule has 21 heavy (non-hydrogen) atoms. The Morgan fingerprint density at radius 1 is 1.19 bits per heavy atom. The molecule has 0 radical (unpaired) electrons. The fourth-order valence-electron chi connectivity index (χ4n) is 2.38. The third kappa shape index (κ3) is 3.42. The van der Waals surface area contributed by atoms with E-state index in [0.29, 0.717) is 0 Å². The first-order valence-electron chi connectivity index (χ1n) is 7.39. The molecule has 1 atom stereocenters. The second-order valence-corrected chi connectivity index (χ2v) is 5.15. The number of anilines is 2. The topological polar surface area (TPSA) is 59.1 Å². The lowest BCUT2D eigenvalue weighted by molar-refractivity contribution is 0.246. The largest absolute Gasteiger partial charge is 0.488 e. The lowest BCUT2D eigenvalue weighted by Gasteiger charge is -2.13. The summed E-state index contributed by atoms with van der Waals surface area (Å²) in [6.07, 6.45) is 5.62. The van der Waals surface area contributed by atoms with Crippen LogP contribution in [0.1, 0.15) is 18.9 Å². The molecule has 1 aliphatic rings. The van der Waals surface area contributed by atoms with Gasteiger partial charge in [0.2, 0.25) is 0 Å². The number of nitrogens with zero attached hydrogens (tertiary/aromatic N) is 2. The van der Waals surface area contributed by atoms with E-state index < -0.39 is 0 Å². The van der Waals surface area contributed by atoms with E-state index in [1.54, 1.807) is 12.4 Å². The van der Waals surface area contributed by atoms with Crippen molar-refractivity contribution in [2.45, 2.75) is 25.9 Å². The maximum absolute atomic E-state index is 5.90. The van der Waals surface area contributed by atoms with Crippen LogP contribution >= 0.6 is 0 Å². The van der Waals surface area contributed by atoms with Crippen molar-refractivity contribution in [3.8, 4) is 5.75 Å². The van der Waals surface area contributed by atoms with Gasteiger partial charge < -0.3 is 15.4 Å². The molecular weight excluding hydrogens is 264 g/mol. The summed E-state index contributed by atoms with van der Waals surface area (Å²) in [4.78, 5) is 8.67. The van der Waals surface area contributed by atoms with Crippen LogP contribution in [0.4, 0.5) is 11.6 Å². The number of para-hydroxylation sites is 1. The van der Waals surface area contributed by atoms with E-state index in [9.17, 15) is 0 Å². The Bertz CT molecular complexity index is 577. The highest BCUT2D eigenvalue weighted by Crippen LogP contribution is 2.28. The minimum Gasteiger partial charge on any atom is -0.488 e. The van der Waals surface area contributed by atoms with Crippen LogP contribution in [0.15, 0.2) is 36.7 Å². The molecule has 2 N–H and O–H groups in total. The molecule has 0 aliphatic carbocycles. The van der Waals surface area contributed by atoms with Crippen LogP contribution in [0.5, 0.6) is 5.75 Å². The van der Waals surface area contributed by atoms with Gasteiger partial charge in [0.15, 0.2) is 0 Å². The predicted molar refractivity (Wildman–Crippen MR) is 83.9 cm³/mol. The molecule has 0 bridgehead atoms. The smallest absolute Gasteiger partial charge is 0.147 e. The van der Waals surface area contributed by atoms with Gasteiger partial charge in [0.25, 0.3) is 0 Å². The molecule has 1 aliphatic heterocycles. The van der Waals surface area contributed by atoms with Gasteiger partial charge in [-0.15, -0.1) is 0 Å². The Balaban J connectivity index is 1.54. The highest BCUT2D eigenvalue weighted by atomic mass is 16.5. The van der Waals surface area contributed by atoms with Crippen LogP contribution in [0, 0.1) is 0 Å². The summed E-state index contributed by atoms with van der Waals surface area (Å²) in [6, 6.07) is 8.18. The Labute approximate surface area is 124 Å². The van der Waals surface area contributed by atoms with Crippen LogP contribution in [0.3, 0.4) is 0 Å². The summed E-state index contributed by atoms with van der Waals surface area (Å²) in [5.74, 6) is 2.57. The molecule has 110 valence electrons. The number of ether oxygens (including phenoxy) is 1. The van der Waals surface area contributed by atoms with Gasteiger partial charge in [-0.3, -0.25) is 4.98 Å². The summed E-state index contributed by atoms with van der Waals surface area (Å²) in [5, 5.41) is 6.53. The third-order valence-corrected chi connectivity index (χ3v) is 3.42. The number of aromatic nitrogens is 2. The zero-order valence-corrected chi connectivity index (χ0v) is 12.2. The van der Waals surface area contributed by atoms with E-state index in [4.69, 9.17) is 4.74 Å². The first kappa shape index (κ1) is 13.7. The summed E-state index contributed by atoms with van der Waals surface area (Å²) < 4.78 is 5.90. The Hall–Kier alpha value is -2.30. The lowest BCUT2D eigenvalue weighted by Crippen LogP contribution is -2.24. The van der Waals surface area contributed by atoms with Crippen molar-refractivity contribution >= 4 is 11.6 Å². The van der Waals surface area contributed by atoms with Crippen LogP contribution in [0.25, 0.3) is 0 Å². The Kier molecular flexibility index (Phi) is 4.19. The summed E-state index contributed by atoms with van der Waals surface area (Å²) in [5.41, 5.74) is 1.27. The van der Waals surface area contributed by atoms with Crippen molar-refractivity contribution in [2.24, 2.45) is 0 Å². The Morgan fingerprint density at radius 2 is 2.00 bits per heavy atom. The average Bonchev–Trinajstić information content (AvgIpc) is 2.94. The van der Waals surface area contributed by atoms with Gasteiger partial charge in [0, 0.05) is 13.0 Å². The molecule has 2 aromatic rings. The molecule has 1 unspecified atom stereocenters. The number of hydrogen-bond donors (Lipinski definition) is 2. The zero-order valence-electron chi connectivity index (χ0n) is 12.2. The van der Waals surface area contributed by atoms with Crippen molar-refractivity contribution in [3.63, 3.8) is 0 Å². The summed E-state index contributed by atoms with van der Waals surface area (Å²) >= 11 is 0. The number of benzene rings is 1. The second-order valence-electron chi connectivity index (χ2n) is 5.15. The van der Waals surface area contributed by atoms with Gasteiger partial charge >= 0.3 is 0 Å². The van der Waals surface area contributed by atoms with Gasteiger partial charge in [0.1, 0.15) is 23.5 Å². The predicted octanol–water partition coefficient (Wildman–Crippen LogP) is 2.71. The summed E-state index contributed by atoms with van der Waals surface area (Å²) in [7, 11) is 0. The highest BCUT2D eigenvalue weighted by Gasteiger charge is 2.21. The number of nitrogens with one attached hydrogen (secondary N) is 2. The third-order valence-electron chi connectivity index (χ3n) is 3.42. The first-order chi connectivity index (χ1) is 10.3. The van der Waals surface area contributed by atoms with Crippen LogP contribution in [0.2, 0.25) is 0 Å². The van der Waals surface area contributed by atoms with Gasteiger partial charge in [0.05, 0.1) is 18.9 Å². The summed E-state index contributed by atoms with van der Waals surface area (Å²) in [6.45, 7) is 3.75. The van der Waals surface area contributed by atoms with E-state index >= 15 is 0 Å². The monoisotopic (exact) mass is 284 g/mol. The molecule has 0 spiro atoms. The fourth-order valence-corrected chi connectivity index (χ4v) is 2.38. The van der Waals surface area contributed by atoms with Gasteiger partial charge in [-0.1, -0.05) is 25.1 Å². The standard InChI is InChI=1S/C16H20N4O/c1-2-7-18-15-10-17-11-16(20-15)19-9-13-8-12-5-3-4-6-14(12)21-13/h3-6,10-11,13H,2,7-9H2,1H3,(H2,18,19,20). The molecule has 0 saturated heterocycles. The van der Waals surface area contributed by atoms with Crippen molar-refractivity contribution in [3.05, 3.63) is 42.2 Å². The van der Waals surface area contributed by atoms with Gasteiger partial charge in [-0.25, -0.2) is 4.98 Å². The van der Waals surface area contributed by atoms with E-state index in [-0.39, 0.29) is 6.10 Å². The molecule has 2 heterocycles. The van der Waals surface area contributed by atoms with Gasteiger partial charge in [-0.2, -0.15) is 0 Å². The van der Waals surface area contributed by atoms with Crippen molar-refractivity contribution in [1.29, 1.82) is 0 Å². The number of hydrogen-bond acceptors (Lipinski definition) is 5. The van der Waals surface area contributed by atoms with Crippen LogP contribution < -0.4 is 15.4 Å². The van der Waals surface area contributed by atoms with Crippen LogP contribution in [-0.2, 0) is 6.42 Å². The maximum atomic E-state index is 5.90. The van der Waals surface area contributed by atoms with E-state index in [1.165, 1.54) is 5.56 Å². The van der Waals surface area contributed by atoms with Gasteiger partial charge in [-0.05, 0) is 18.1 Å². The molecule has 1 aromatic heterocycles. The van der Waals surface area contributed by atoms with E-state index in [0.717, 1.165) is 43.3 Å². The first-order valence-corrected chi connectivity index (χ1v) is 7.39. The number of rotatable bonds is 6. The Morgan fingerprint density at radius 3 is 2.81 bits per heavy atom. The normalized spacial score (nSPS) is 16.1. The van der Waals surface area contributed by atoms with E-state index in [2.05, 4.69) is 33.6 Å². The molecule has 5 heteroatoms. The zero-order chi connectivity index (χ0) is 14.5. The molecule has 0 saturated carbocycles. The second kappa shape index (κ2) is 6.43. The fraction of sp³-hybridized carbons (Fsp3) is 0.375. The highest BCUT2D eigenvalue weighted by molar-refractivity contribution is 5.42. The molecule has 5 nitrogen and oxygen atoms in total. The minimum atomic E-state index is 0.149. The SMILES string of the molecule is CCCNc1cncc(NCC2Cc3ccccc3O2)n1. The van der Waals surface area contributed by atoms with Crippen LogP contribution in [-0.4, -0.2) is 29.2 Å². The maximum Gasteiger partial charge on any atom is 0.147 e. The van der Waals surface area contributed by atoms with Crippen molar-refractivity contribution in [2.75, 3.05) is 23.7 Å². The molecular formula is C16H20N4O. The van der Waals surface area contributed by atoms with Crippen molar-refractivity contribution in [1.82, 2.24) is 9.97 Å². The quantitative estimate of drug-likeness (QED) is 0.854. The minimum absolute atomic E-state index is 0.149. The molecule has 1 aromatic carbocycles. The average molecular weight is 284 g/mol.